The number of hydrogen-bond acceptors (Lipinski definition) is 1. The summed E-state index contributed by atoms with van der Waals surface area (Å²) in [7, 11) is 0. The lowest BCUT2D eigenvalue weighted by Crippen LogP contribution is -2.43. The molecule has 1 amide bonds. The summed E-state index contributed by atoms with van der Waals surface area (Å²) < 4.78 is 0. The zero-order valence-corrected chi connectivity index (χ0v) is 12.7. The van der Waals surface area contributed by atoms with Gasteiger partial charge in [-0.25, -0.2) is 0 Å². The molecule has 2 unspecified atom stereocenters. The molecule has 2 rings (SSSR count). The number of nitrogens with zero attached hydrogens (tertiary/aromatic N) is 1. The Balaban J connectivity index is 2.07. The van der Waals surface area contributed by atoms with Gasteiger partial charge in [0.2, 0.25) is 0 Å². The number of halogens is 1. The number of carbonyl (C=O) groups excluding carboxylic acids is 1. The molecular weight excluding hydrogens is 258 g/mol. The van der Waals surface area contributed by atoms with Crippen LogP contribution in [0, 0.1) is 5.92 Å². The third kappa shape index (κ3) is 3.30. The van der Waals surface area contributed by atoms with Crippen molar-refractivity contribution >= 4 is 17.5 Å². The molecule has 0 N–H and O–H groups in total. The highest BCUT2D eigenvalue weighted by molar-refractivity contribution is 6.21. The van der Waals surface area contributed by atoms with Crippen molar-refractivity contribution < 1.29 is 4.79 Å². The second-order valence-corrected chi connectivity index (χ2v) is 6.37. The maximum atomic E-state index is 12.4. The zero-order valence-electron chi connectivity index (χ0n) is 11.9. The molecule has 1 aliphatic heterocycles. The summed E-state index contributed by atoms with van der Waals surface area (Å²) in [5.41, 5.74) is 2.03. The molecule has 0 spiro atoms. The van der Waals surface area contributed by atoms with Crippen molar-refractivity contribution in [2.75, 3.05) is 13.1 Å². The van der Waals surface area contributed by atoms with Gasteiger partial charge >= 0.3 is 0 Å². The quantitative estimate of drug-likeness (QED) is 0.752. The molecule has 0 bridgehead atoms. The van der Waals surface area contributed by atoms with E-state index in [1.807, 2.05) is 29.2 Å². The fourth-order valence-electron chi connectivity index (χ4n) is 2.40. The molecule has 0 aromatic heterocycles. The average molecular weight is 280 g/mol. The van der Waals surface area contributed by atoms with Crippen LogP contribution in [0.5, 0.6) is 0 Å². The Morgan fingerprint density at radius 1 is 1.32 bits per heavy atom. The summed E-state index contributed by atoms with van der Waals surface area (Å²) in [5, 5.41) is 0.0765. The summed E-state index contributed by atoms with van der Waals surface area (Å²) in [5.74, 6) is 1.09. The van der Waals surface area contributed by atoms with Crippen molar-refractivity contribution in [3.05, 3.63) is 35.4 Å². The summed E-state index contributed by atoms with van der Waals surface area (Å²) >= 11 is 6.27. The molecule has 104 valence electrons. The minimum atomic E-state index is 0.0765. The van der Waals surface area contributed by atoms with Crippen molar-refractivity contribution in [2.45, 2.75) is 38.5 Å². The highest BCUT2D eigenvalue weighted by Gasteiger charge is 2.27. The number of hydrogen-bond donors (Lipinski definition) is 0. The summed E-state index contributed by atoms with van der Waals surface area (Å²) in [4.78, 5) is 14.3. The second kappa shape index (κ2) is 5.96. The van der Waals surface area contributed by atoms with Crippen LogP contribution >= 0.6 is 11.6 Å². The molecule has 1 aromatic rings. The van der Waals surface area contributed by atoms with Crippen LogP contribution in [-0.2, 0) is 0 Å². The fraction of sp³-hybridized carbons (Fsp3) is 0.562. The van der Waals surface area contributed by atoms with E-state index in [4.69, 9.17) is 11.6 Å². The van der Waals surface area contributed by atoms with E-state index in [2.05, 4.69) is 20.8 Å². The lowest BCUT2D eigenvalue weighted by atomic mass is 9.97. The highest BCUT2D eigenvalue weighted by Crippen LogP contribution is 2.23. The Hall–Kier alpha value is -1.02. The maximum absolute atomic E-state index is 12.4. The number of carbonyl (C=O) groups is 1. The van der Waals surface area contributed by atoms with Crippen LogP contribution in [0.15, 0.2) is 24.3 Å². The van der Waals surface area contributed by atoms with Gasteiger partial charge in [-0.2, -0.15) is 0 Å². The molecule has 2 nitrogen and oxygen atoms in total. The monoisotopic (exact) mass is 279 g/mol. The molecule has 1 heterocycles. The molecule has 1 fully saturated rings. The molecule has 0 saturated carbocycles. The van der Waals surface area contributed by atoms with E-state index in [9.17, 15) is 4.79 Å². The molecule has 1 saturated heterocycles. The number of rotatable bonds is 2. The first-order valence-electron chi connectivity index (χ1n) is 7.02. The van der Waals surface area contributed by atoms with E-state index >= 15 is 0 Å². The van der Waals surface area contributed by atoms with Gasteiger partial charge in [-0.3, -0.25) is 4.79 Å². The lowest BCUT2D eigenvalue weighted by Gasteiger charge is -2.34. The molecule has 1 aliphatic rings. The first-order valence-corrected chi connectivity index (χ1v) is 7.46. The first kappa shape index (κ1) is 14.4. The van der Waals surface area contributed by atoms with Crippen molar-refractivity contribution in [1.82, 2.24) is 4.90 Å². The molecule has 19 heavy (non-hydrogen) atoms. The van der Waals surface area contributed by atoms with Gasteiger partial charge in [0.05, 0.1) is 5.38 Å². The lowest BCUT2D eigenvalue weighted by molar-refractivity contribution is 0.0701. The van der Waals surface area contributed by atoms with Crippen molar-refractivity contribution in [1.29, 1.82) is 0 Å². The molecule has 0 radical (unpaired) electrons. The number of alkyl halides is 1. The van der Waals surface area contributed by atoms with Gasteiger partial charge in [-0.1, -0.05) is 32.9 Å². The van der Waals surface area contributed by atoms with Crippen molar-refractivity contribution in [2.24, 2.45) is 5.92 Å². The Labute approximate surface area is 120 Å². The Kier molecular flexibility index (Phi) is 4.51. The molecule has 1 aromatic carbocycles. The Morgan fingerprint density at radius 3 is 2.47 bits per heavy atom. The molecule has 3 heteroatoms. The summed E-state index contributed by atoms with van der Waals surface area (Å²) in [6, 6.07) is 7.95. The van der Waals surface area contributed by atoms with E-state index in [1.54, 1.807) is 0 Å². The van der Waals surface area contributed by atoms with E-state index in [0.717, 1.165) is 18.5 Å². The first-order chi connectivity index (χ1) is 8.99. The molecule has 0 aliphatic carbocycles. The van der Waals surface area contributed by atoms with Gasteiger partial charge in [0.15, 0.2) is 0 Å². The van der Waals surface area contributed by atoms with Crippen LogP contribution in [0.3, 0.4) is 0 Å². The van der Waals surface area contributed by atoms with Gasteiger partial charge in [0.25, 0.3) is 5.91 Å². The standard InChI is InChI=1S/C16H22ClNO/c1-11(2)13-4-6-14(7-5-13)16(19)18-9-8-12(3)15(17)10-18/h4-7,11-12,15H,8-10H2,1-3H3. The predicted molar refractivity (Wildman–Crippen MR) is 79.9 cm³/mol. The maximum Gasteiger partial charge on any atom is 0.253 e. The minimum Gasteiger partial charge on any atom is -0.337 e. The van der Waals surface area contributed by atoms with E-state index < -0.39 is 0 Å². The van der Waals surface area contributed by atoms with Crippen LogP contribution in [0.25, 0.3) is 0 Å². The van der Waals surface area contributed by atoms with Gasteiger partial charge in [-0.15, -0.1) is 11.6 Å². The SMILES string of the molecule is CC(C)c1ccc(C(=O)N2CCC(C)C(Cl)C2)cc1. The van der Waals surface area contributed by atoms with Gasteiger partial charge < -0.3 is 4.90 Å². The number of likely N-dealkylation sites (tertiary alicyclic amines) is 1. The van der Waals surface area contributed by atoms with Crippen LogP contribution in [0.4, 0.5) is 0 Å². The van der Waals surface area contributed by atoms with Crippen molar-refractivity contribution in [3.63, 3.8) is 0 Å². The number of benzene rings is 1. The summed E-state index contributed by atoms with van der Waals surface area (Å²) in [6.45, 7) is 7.93. The third-order valence-electron chi connectivity index (χ3n) is 3.98. The fourth-order valence-corrected chi connectivity index (χ4v) is 2.69. The third-order valence-corrected chi connectivity index (χ3v) is 4.55. The largest absolute Gasteiger partial charge is 0.337 e. The number of piperidine rings is 1. The van der Waals surface area contributed by atoms with Crippen LogP contribution in [0.2, 0.25) is 0 Å². The Morgan fingerprint density at radius 2 is 1.95 bits per heavy atom. The molecular formula is C16H22ClNO. The zero-order chi connectivity index (χ0) is 14.0. The van der Waals surface area contributed by atoms with E-state index in [0.29, 0.717) is 18.4 Å². The van der Waals surface area contributed by atoms with Gasteiger partial charge in [0, 0.05) is 18.7 Å². The smallest absolute Gasteiger partial charge is 0.253 e. The highest BCUT2D eigenvalue weighted by atomic mass is 35.5. The minimum absolute atomic E-state index is 0.0765. The second-order valence-electron chi connectivity index (χ2n) is 5.81. The normalized spacial score (nSPS) is 23.7. The average Bonchev–Trinajstić information content (AvgIpc) is 2.41. The van der Waals surface area contributed by atoms with Crippen molar-refractivity contribution in [3.8, 4) is 0 Å². The van der Waals surface area contributed by atoms with Crippen LogP contribution in [-0.4, -0.2) is 29.3 Å². The predicted octanol–water partition coefficient (Wildman–Crippen LogP) is 3.90. The van der Waals surface area contributed by atoms with E-state index in [1.165, 1.54) is 5.56 Å². The summed E-state index contributed by atoms with van der Waals surface area (Å²) in [6.07, 6.45) is 0.990. The molecule has 2 atom stereocenters. The Bertz CT molecular complexity index is 441. The van der Waals surface area contributed by atoms with Gasteiger partial charge in [-0.05, 0) is 36.0 Å². The topological polar surface area (TPSA) is 20.3 Å². The van der Waals surface area contributed by atoms with Crippen LogP contribution in [0.1, 0.15) is 49.0 Å². The van der Waals surface area contributed by atoms with Gasteiger partial charge in [0.1, 0.15) is 0 Å². The van der Waals surface area contributed by atoms with Crippen LogP contribution < -0.4 is 0 Å². The number of amides is 1. The van der Waals surface area contributed by atoms with E-state index in [-0.39, 0.29) is 11.3 Å².